The summed E-state index contributed by atoms with van der Waals surface area (Å²) in [5.74, 6) is -0.167. The van der Waals surface area contributed by atoms with Gasteiger partial charge in [0.15, 0.2) is 0 Å². The number of nitrogens with zero attached hydrogens (tertiary/aromatic N) is 1. The minimum atomic E-state index is -0.167. The van der Waals surface area contributed by atoms with E-state index in [0.29, 0.717) is 6.54 Å². The van der Waals surface area contributed by atoms with Crippen LogP contribution in [0.25, 0.3) is 0 Å². The molecular formula is C11H21NO2. The second-order valence-electron chi connectivity index (χ2n) is 3.56. The van der Waals surface area contributed by atoms with Crippen LogP contribution in [0.5, 0.6) is 0 Å². The molecule has 0 aliphatic rings. The standard InChI is InChI=1S/C11H21NO2/c1-5-7-12(8-6-10(2)3)9-11(13)14-4/h2,5-9H2,1,3-4H3. The molecule has 0 rings (SSSR count). The van der Waals surface area contributed by atoms with Gasteiger partial charge in [0.2, 0.25) is 0 Å². The first-order valence-corrected chi connectivity index (χ1v) is 5.03. The number of esters is 1. The second-order valence-corrected chi connectivity index (χ2v) is 3.56. The van der Waals surface area contributed by atoms with E-state index in [-0.39, 0.29) is 5.97 Å². The lowest BCUT2D eigenvalue weighted by Gasteiger charge is -2.19. The summed E-state index contributed by atoms with van der Waals surface area (Å²) in [6, 6.07) is 0. The van der Waals surface area contributed by atoms with Gasteiger partial charge in [0.1, 0.15) is 0 Å². The molecular weight excluding hydrogens is 178 g/mol. The minimum Gasteiger partial charge on any atom is -0.468 e. The quantitative estimate of drug-likeness (QED) is 0.463. The van der Waals surface area contributed by atoms with Crippen LogP contribution in [-0.2, 0) is 9.53 Å². The minimum absolute atomic E-state index is 0.167. The van der Waals surface area contributed by atoms with Gasteiger partial charge in [0, 0.05) is 6.54 Å². The lowest BCUT2D eigenvalue weighted by molar-refractivity contribution is -0.141. The van der Waals surface area contributed by atoms with E-state index in [0.717, 1.165) is 31.5 Å². The Morgan fingerprint density at radius 1 is 1.43 bits per heavy atom. The molecule has 0 fully saturated rings. The number of hydrogen-bond donors (Lipinski definition) is 0. The highest BCUT2D eigenvalue weighted by molar-refractivity contribution is 5.71. The lowest BCUT2D eigenvalue weighted by Crippen LogP contribution is -2.32. The second kappa shape index (κ2) is 7.56. The summed E-state index contributed by atoms with van der Waals surface area (Å²) < 4.78 is 4.63. The smallest absolute Gasteiger partial charge is 0.319 e. The average molecular weight is 199 g/mol. The van der Waals surface area contributed by atoms with Gasteiger partial charge in [-0.15, -0.1) is 6.58 Å². The van der Waals surface area contributed by atoms with Crippen molar-refractivity contribution >= 4 is 5.97 Å². The van der Waals surface area contributed by atoms with E-state index in [1.165, 1.54) is 7.11 Å². The Morgan fingerprint density at radius 2 is 2.07 bits per heavy atom. The molecule has 0 aromatic rings. The molecule has 0 bridgehead atoms. The largest absolute Gasteiger partial charge is 0.468 e. The molecule has 0 saturated carbocycles. The molecule has 82 valence electrons. The molecule has 0 aliphatic carbocycles. The maximum absolute atomic E-state index is 11.1. The highest BCUT2D eigenvalue weighted by Gasteiger charge is 2.09. The maximum Gasteiger partial charge on any atom is 0.319 e. The molecule has 0 aromatic heterocycles. The monoisotopic (exact) mass is 199 g/mol. The Kier molecular flexibility index (Phi) is 7.11. The molecule has 0 saturated heterocycles. The molecule has 14 heavy (non-hydrogen) atoms. The van der Waals surface area contributed by atoms with Gasteiger partial charge in [-0.3, -0.25) is 9.69 Å². The third-order valence-electron chi connectivity index (χ3n) is 1.98. The van der Waals surface area contributed by atoms with Gasteiger partial charge in [-0.1, -0.05) is 12.5 Å². The first kappa shape index (κ1) is 13.2. The Balaban J connectivity index is 3.88. The van der Waals surface area contributed by atoms with E-state index < -0.39 is 0 Å². The molecule has 0 heterocycles. The third kappa shape index (κ3) is 6.66. The van der Waals surface area contributed by atoms with Crippen molar-refractivity contribution in [3.05, 3.63) is 12.2 Å². The van der Waals surface area contributed by atoms with Gasteiger partial charge in [0.05, 0.1) is 13.7 Å². The number of methoxy groups -OCH3 is 1. The predicted octanol–water partition coefficient (Wildman–Crippen LogP) is 1.84. The zero-order chi connectivity index (χ0) is 11.0. The molecule has 3 nitrogen and oxygen atoms in total. The molecule has 0 N–H and O–H groups in total. The summed E-state index contributed by atoms with van der Waals surface area (Å²) in [7, 11) is 1.42. The van der Waals surface area contributed by atoms with E-state index in [1.807, 2.05) is 6.92 Å². The number of ether oxygens (including phenoxy) is 1. The maximum atomic E-state index is 11.1. The molecule has 0 atom stereocenters. The van der Waals surface area contributed by atoms with Crippen molar-refractivity contribution in [3.8, 4) is 0 Å². The fraction of sp³-hybridized carbons (Fsp3) is 0.727. The highest BCUT2D eigenvalue weighted by Crippen LogP contribution is 2.00. The van der Waals surface area contributed by atoms with Gasteiger partial charge < -0.3 is 4.74 Å². The van der Waals surface area contributed by atoms with Crippen molar-refractivity contribution in [2.75, 3.05) is 26.7 Å². The van der Waals surface area contributed by atoms with Crippen LogP contribution in [0.2, 0.25) is 0 Å². The molecule has 0 amide bonds. The first-order chi connectivity index (χ1) is 6.60. The Bertz CT molecular complexity index is 190. The zero-order valence-electron chi connectivity index (χ0n) is 9.51. The molecule has 0 radical (unpaired) electrons. The number of hydrogen-bond acceptors (Lipinski definition) is 3. The van der Waals surface area contributed by atoms with Gasteiger partial charge in [0.25, 0.3) is 0 Å². The number of carbonyl (C=O) groups is 1. The summed E-state index contributed by atoms with van der Waals surface area (Å²) in [5, 5.41) is 0. The van der Waals surface area contributed by atoms with Crippen molar-refractivity contribution in [2.24, 2.45) is 0 Å². The number of rotatable bonds is 7. The van der Waals surface area contributed by atoms with Crippen LogP contribution < -0.4 is 0 Å². The van der Waals surface area contributed by atoms with Crippen molar-refractivity contribution in [1.82, 2.24) is 4.90 Å². The van der Waals surface area contributed by atoms with E-state index >= 15 is 0 Å². The Labute approximate surface area is 86.7 Å². The summed E-state index contributed by atoms with van der Waals surface area (Å²) in [4.78, 5) is 13.2. The van der Waals surface area contributed by atoms with Gasteiger partial charge in [-0.05, 0) is 26.3 Å². The molecule has 0 unspecified atom stereocenters. The van der Waals surface area contributed by atoms with E-state index in [4.69, 9.17) is 0 Å². The summed E-state index contributed by atoms with van der Waals surface area (Å²) in [6.45, 7) is 10.2. The van der Waals surface area contributed by atoms with E-state index in [1.54, 1.807) is 0 Å². The highest BCUT2D eigenvalue weighted by atomic mass is 16.5. The van der Waals surface area contributed by atoms with Crippen LogP contribution in [0.15, 0.2) is 12.2 Å². The predicted molar refractivity (Wildman–Crippen MR) is 58.2 cm³/mol. The van der Waals surface area contributed by atoms with Crippen LogP contribution in [0.4, 0.5) is 0 Å². The van der Waals surface area contributed by atoms with Crippen molar-refractivity contribution in [1.29, 1.82) is 0 Å². The van der Waals surface area contributed by atoms with Gasteiger partial charge in [-0.2, -0.15) is 0 Å². The number of carbonyl (C=O) groups excluding carboxylic acids is 1. The van der Waals surface area contributed by atoms with E-state index in [9.17, 15) is 4.79 Å². The average Bonchev–Trinajstić information content (AvgIpc) is 2.14. The zero-order valence-corrected chi connectivity index (χ0v) is 9.51. The summed E-state index contributed by atoms with van der Waals surface area (Å²) >= 11 is 0. The molecule has 0 aliphatic heterocycles. The van der Waals surface area contributed by atoms with Crippen LogP contribution in [0, 0.1) is 0 Å². The Morgan fingerprint density at radius 3 is 2.50 bits per heavy atom. The molecule has 0 aromatic carbocycles. The van der Waals surface area contributed by atoms with Gasteiger partial charge >= 0.3 is 5.97 Å². The summed E-state index contributed by atoms with van der Waals surface area (Å²) in [6.07, 6.45) is 1.99. The van der Waals surface area contributed by atoms with Crippen molar-refractivity contribution in [2.45, 2.75) is 26.7 Å². The van der Waals surface area contributed by atoms with Crippen LogP contribution in [0.1, 0.15) is 26.7 Å². The fourth-order valence-electron chi connectivity index (χ4n) is 1.18. The third-order valence-corrected chi connectivity index (χ3v) is 1.98. The summed E-state index contributed by atoms with van der Waals surface area (Å²) in [5.41, 5.74) is 1.15. The molecule has 3 heteroatoms. The van der Waals surface area contributed by atoms with Crippen LogP contribution in [0.3, 0.4) is 0 Å². The lowest BCUT2D eigenvalue weighted by atomic mass is 10.2. The fourth-order valence-corrected chi connectivity index (χ4v) is 1.18. The van der Waals surface area contributed by atoms with Crippen molar-refractivity contribution < 1.29 is 9.53 Å². The normalized spacial score (nSPS) is 10.3. The van der Waals surface area contributed by atoms with Gasteiger partial charge in [-0.25, -0.2) is 0 Å². The van der Waals surface area contributed by atoms with Crippen LogP contribution >= 0.6 is 0 Å². The van der Waals surface area contributed by atoms with Crippen LogP contribution in [-0.4, -0.2) is 37.6 Å². The van der Waals surface area contributed by atoms with E-state index in [2.05, 4.69) is 23.1 Å². The Hall–Kier alpha value is -0.830. The topological polar surface area (TPSA) is 29.5 Å². The van der Waals surface area contributed by atoms with Crippen molar-refractivity contribution in [3.63, 3.8) is 0 Å². The SMILES string of the molecule is C=C(C)CCN(CCC)CC(=O)OC. The molecule has 0 spiro atoms. The first-order valence-electron chi connectivity index (χ1n) is 5.03.